The number of nitrogens with one attached hydrogen (secondary N) is 1. The Hall–Kier alpha value is -1.69. The van der Waals surface area contributed by atoms with E-state index in [1.165, 1.54) is 19.2 Å². The Morgan fingerprint density at radius 1 is 1.25 bits per heavy atom. The van der Waals surface area contributed by atoms with Gasteiger partial charge in [0.2, 0.25) is 0 Å². The lowest BCUT2D eigenvalue weighted by Gasteiger charge is -2.27. The van der Waals surface area contributed by atoms with Gasteiger partial charge in [-0.3, -0.25) is 4.68 Å². The van der Waals surface area contributed by atoms with E-state index in [-0.39, 0.29) is 0 Å². The van der Waals surface area contributed by atoms with Gasteiger partial charge in [-0.05, 0) is 12.8 Å². The quantitative estimate of drug-likeness (QED) is 0.836. The first kappa shape index (κ1) is 13.3. The molecule has 3 rings (SSSR count). The van der Waals surface area contributed by atoms with Crippen molar-refractivity contribution in [3.8, 4) is 0 Å². The molecule has 6 heteroatoms. The Kier molecular flexibility index (Phi) is 3.56. The molecule has 20 heavy (non-hydrogen) atoms. The maximum atomic E-state index is 10.7. The highest BCUT2D eigenvalue weighted by Crippen LogP contribution is 2.28. The smallest absolute Gasteiger partial charge is 0.186 e. The zero-order chi connectivity index (χ0) is 14.0. The van der Waals surface area contributed by atoms with E-state index < -0.39 is 5.60 Å². The Morgan fingerprint density at radius 2 is 2.00 bits per heavy atom. The Balaban J connectivity index is 1.76. The summed E-state index contributed by atoms with van der Waals surface area (Å²) in [6, 6.07) is 0. The topological polar surface area (TPSA) is 75.9 Å². The summed E-state index contributed by atoms with van der Waals surface area (Å²) in [5.74, 6) is 0.751. The number of nitrogens with zero attached hydrogens (tertiary/aromatic N) is 4. The average molecular weight is 275 g/mol. The third-order valence-electron chi connectivity index (χ3n) is 4.05. The van der Waals surface area contributed by atoms with Gasteiger partial charge >= 0.3 is 0 Å². The fourth-order valence-electron chi connectivity index (χ4n) is 2.90. The lowest BCUT2D eigenvalue weighted by atomic mass is 9.94. The first-order valence-corrected chi connectivity index (χ1v) is 7.27. The van der Waals surface area contributed by atoms with Crippen LogP contribution < -0.4 is 5.32 Å². The van der Waals surface area contributed by atoms with Crippen LogP contribution in [0.5, 0.6) is 0 Å². The monoisotopic (exact) mass is 275 g/mol. The second kappa shape index (κ2) is 5.36. The molecule has 1 aliphatic rings. The summed E-state index contributed by atoms with van der Waals surface area (Å²) in [7, 11) is 1.87. The Bertz CT molecular complexity index is 586. The van der Waals surface area contributed by atoms with Crippen molar-refractivity contribution in [2.75, 3.05) is 11.9 Å². The largest absolute Gasteiger partial charge is 0.388 e. The molecule has 2 aromatic heterocycles. The number of anilines is 1. The summed E-state index contributed by atoms with van der Waals surface area (Å²) >= 11 is 0. The van der Waals surface area contributed by atoms with Crippen molar-refractivity contribution < 1.29 is 5.11 Å². The summed E-state index contributed by atoms with van der Waals surface area (Å²) < 4.78 is 1.73. The van der Waals surface area contributed by atoms with Crippen LogP contribution in [0.15, 0.2) is 12.5 Å². The molecule has 2 heterocycles. The second-order valence-corrected chi connectivity index (χ2v) is 5.75. The minimum absolute atomic E-state index is 0.536. The van der Waals surface area contributed by atoms with Crippen LogP contribution in [-0.2, 0) is 7.05 Å². The van der Waals surface area contributed by atoms with Crippen LogP contribution in [0.3, 0.4) is 0 Å². The van der Waals surface area contributed by atoms with Crippen molar-refractivity contribution >= 4 is 16.9 Å². The standard InChI is InChI=1S/C14H21N5O/c1-19-8-11-12(16-10-17-13(11)18-19)15-9-14(20)6-4-2-3-5-7-14/h8,10,20H,2-7,9H2,1H3,(H,15,16,17,18). The van der Waals surface area contributed by atoms with Crippen LogP contribution in [-0.4, -0.2) is 37.0 Å². The van der Waals surface area contributed by atoms with E-state index >= 15 is 0 Å². The van der Waals surface area contributed by atoms with Gasteiger partial charge in [0.05, 0.1) is 11.0 Å². The van der Waals surface area contributed by atoms with E-state index in [1.807, 2.05) is 13.2 Å². The fraction of sp³-hybridized carbons (Fsp3) is 0.643. The third kappa shape index (κ3) is 2.75. The number of fused-ring (bicyclic) bond motifs is 1. The number of hydrogen-bond acceptors (Lipinski definition) is 5. The molecule has 0 saturated heterocycles. The first-order chi connectivity index (χ1) is 9.66. The highest BCUT2D eigenvalue weighted by atomic mass is 16.3. The van der Waals surface area contributed by atoms with Gasteiger partial charge in [-0.15, -0.1) is 0 Å². The molecule has 0 spiro atoms. The van der Waals surface area contributed by atoms with Gasteiger partial charge in [0.15, 0.2) is 5.65 Å². The van der Waals surface area contributed by atoms with Crippen LogP contribution >= 0.6 is 0 Å². The van der Waals surface area contributed by atoms with Crippen molar-refractivity contribution in [1.29, 1.82) is 0 Å². The number of aromatic nitrogens is 4. The third-order valence-corrected chi connectivity index (χ3v) is 4.05. The van der Waals surface area contributed by atoms with E-state index in [0.717, 1.165) is 36.9 Å². The van der Waals surface area contributed by atoms with Crippen molar-refractivity contribution in [2.24, 2.45) is 7.05 Å². The summed E-state index contributed by atoms with van der Waals surface area (Å²) in [6.45, 7) is 0.536. The van der Waals surface area contributed by atoms with E-state index in [1.54, 1.807) is 4.68 Å². The van der Waals surface area contributed by atoms with Gasteiger partial charge < -0.3 is 10.4 Å². The summed E-state index contributed by atoms with van der Waals surface area (Å²) in [4.78, 5) is 8.42. The van der Waals surface area contributed by atoms with Crippen LogP contribution in [0.1, 0.15) is 38.5 Å². The van der Waals surface area contributed by atoms with E-state index in [2.05, 4.69) is 20.4 Å². The lowest BCUT2D eigenvalue weighted by Crippen LogP contribution is -2.36. The minimum Gasteiger partial charge on any atom is -0.388 e. The molecule has 0 bridgehead atoms. The maximum absolute atomic E-state index is 10.7. The van der Waals surface area contributed by atoms with E-state index in [4.69, 9.17) is 0 Å². The lowest BCUT2D eigenvalue weighted by molar-refractivity contribution is 0.0381. The molecule has 0 aromatic carbocycles. The average Bonchev–Trinajstić information content (AvgIpc) is 2.67. The zero-order valence-electron chi connectivity index (χ0n) is 11.8. The normalized spacial score (nSPS) is 18.9. The molecule has 1 aliphatic carbocycles. The number of aryl methyl sites for hydroxylation is 1. The maximum Gasteiger partial charge on any atom is 0.186 e. The van der Waals surface area contributed by atoms with Gasteiger partial charge in [-0.2, -0.15) is 5.10 Å². The molecule has 0 radical (unpaired) electrons. The summed E-state index contributed by atoms with van der Waals surface area (Å²) in [5.41, 5.74) is 0.0635. The van der Waals surface area contributed by atoms with Gasteiger partial charge in [-0.25, -0.2) is 9.97 Å². The van der Waals surface area contributed by atoms with Crippen molar-refractivity contribution in [3.05, 3.63) is 12.5 Å². The van der Waals surface area contributed by atoms with Crippen LogP contribution in [0.25, 0.3) is 11.0 Å². The van der Waals surface area contributed by atoms with Crippen LogP contribution in [0, 0.1) is 0 Å². The van der Waals surface area contributed by atoms with Gasteiger partial charge in [0.25, 0.3) is 0 Å². The first-order valence-electron chi connectivity index (χ1n) is 7.27. The zero-order valence-corrected chi connectivity index (χ0v) is 11.8. The van der Waals surface area contributed by atoms with E-state index in [0.29, 0.717) is 12.2 Å². The highest BCUT2D eigenvalue weighted by molar-refractivity contribution is 5.85. The molecule has 1 saturated carbocycles. The second-order valence-electron chi connectivity index (χ2n) is 5.75. The Labute approximate surface area is 118 Å². The van der Waals surface area contributed by atoms with Crippen LogP contribution in [0.2, 0.25) is 0 Å². The molecule has 6 nitrogen and oxygen atoms in total. The molecule has 0 amide bonds. The number of rotatable bonds is 3. The molecule has 0 atom stereocenters. The number of hydrogen-bond donors (Lipinski definition) is 2. The highest BCUT2D eigenvalue weighted by Gasteiger charge is 2.28. The predicted octanol–water partition coefficient (Wildman–Crippen LogP) is 1.86. The molecule has 0 aliphatic heterocycles. The molecule has 1 fully saturated rings. The predicted molar refractivity (Wildman–Crippen MR) is 77.4 cm³/mol. The van der Waals surface area contributed by atoms with Gasteiger partial charge in [0.1, 0.15) is 12.1 Å². The van der Waals surface area contributed by atoms with Crippen molar-refractivity contribution in [1.82, 2.24) is 19.7 Å². The van der Waals surface area contributed by atoms with E-state index in [9.17, 15) is 5.11 Å². The Morgan fingerprint density at radius 3 is 2.75 bits per heavy atom. The number of aliphatic hydroxyl groups is 1. The molecule has 108 valence electrons. The molecule has 2 N–H and O–H groups in total. The molecular weight excluding hydrogens is 254 g/mol. The SMILES string of the molecule is Cn1cc2c(NCC3(O)CCCCCC3)ncnc2n1. The fourth-order valence-corrected chi connectivity index (χ4v) is 2.90. The van der Waals surface area contributed by atoms with Crippen molar-refractivity contribution in [2.45, 2.75) is 44.1 Å². The summed E-state index contributed by atoms with van der Waals surface area (Å²) in [5, 5.41) is 19.1. The molecule has 2 aromatic rings. The van der Waals surface area contributed by atoms with Gasteiger partial charge in [-0.1, -0.05) is 25.7 Å². The van der Waals surface area contributed by atoms with Crippen molar-refractivity contribution in [3.63, 3.8) is 0 Å². The van der Waals surface area contributed by atoms with Crippen LogP contribution in [0.4, 0.5) is 5.82 Å². The minimum atomic E-state index is -0.615. The molecular formula is C14H21N5O. The summed E-state index contributed by atoms with van der Waals surface area (Å²) in [6.07, 6.45) is 9.78. The molecule has 0 unspecified atom stereocenters. The van der Waals surface area contributed by atoms with Gasteiger partial charge in [0, 0.05) is 19.8 Å².